The highest BCUT2D eigenvalue weighted by atomic mass is 16.5. The second-order valence-electron chi connectivity index (χ2n) is 7.37. The molecule has 9 heteroatoms. The number of aryl methyl sites for hydroxylation is 3. The Morgan fingerprint density at radius 1 is 1.10 bits per heavy atom. The number of aromatic hydroxyl groups is 1. The zero-order valence-electron chi connectivity index (χ0n) is 17.5. The van der Waals surface area contributed by atoms with Gasteiger partial charge in [0.25, 0.3) is 0 Å². The minimum absolute atomic E-state index is 0.207. The first-order valence-electron chi connectivity index (χ1n) is 9.78. The van der Waals surface area contributed by atoms with E-state index in [0.717, 1.165) is 10.9 Å². The van der Waals surface area contributed by atoms with Crippen molar-refractivity contribution in [3.05, 3.63) is 79.8 Å². The lowest BCUT2D eigenvalue weighted by molar-refractivity contribution is 0.301. The smallest absolute Gasteiger partial charge is 0.339 e. The summed E-state index contributed by atoms with van der Waals surface area (Å²) in [6.45, 7) is 6.56. The lowest BCUT2D eigenvalue weighted by atomic mass is 10.1. The molecule has 0 fully saturated rings. The van der Waals surface area contributed by atoms with Crippen molar-refractivity contribution in [2.24, 2.45) is 0 Å². The number of benzene rings is 1. The summed E-state index contributed by atoms with van der Waals surface area (Å²) in [5.74, 6) is 0.319. The first-order valence-corrected chi connectivity index (χ1v) is 9.78. The molecule has 0 radical (unpaired) electrons. The van der Waals surface area contributed by atoms with Crippen LogP contribution in [0.4, 0.5) is 0 Å². The molecule has 31 heavy (non-hydrogen) atoms. The maximum absolute atomic E-state index is 11.9. The van der Waals surface area contributed by atoms with Gasteiger partial charge in [-0.1, -0.05) is 5.21 Å². The Labute approximate surface area is 177 Å². The van der Waals surface area contributed by atoms with E-state index < -0.39 is 5.43 Å². The third-order valence-electron chi connectivity index (χ3n) is 5.38. The normalized spacial score (nSPS) is 11.2. The van der Waals surface area contributed by atoms with Crippen LogP contribution >= 0.6 is 0 Å². The second kappa shape index (κ2) is 8.10. The molecule has 0 saturated heterocycles. The van der Waals surface area contributed by atoms with Gasteiger partial charge in [0.2, 0.25) is 5.43 Å². The molecule has 0 aliphatic heterocycles. The van der Waals surface area contributed by atoms with Crippen molar-refractivity contribution in [1.82, 2.24) is 19.6 Å². The van der Waals surface area contributed by atoms with Gasteiger partial charge in [-0.3, -0.25) is 9.48 Å². The summed E-state index contributed by atoms with van der Waals surface area (Å²) >= 11 is 0. The van der Waals surface area contributed by atoms with Gasteiger partial charge in [0.1, 0.15) is 23.6 Å². The first-order chi connectivity index (χ1) is 14.8. The molecule has 0 saturated carbocycles. The van der Waals surface area contributed by atoms with E-state index in [0.29, 0.717) is 41.4 Å². The Morgan fingerprint density at radius 3 is 2.71 bits per heavy atom. The number of fused-ring (bicyclic) bond motifs is 1. The fraction of sp³-hybridized carbons (Fsp3) is 0.273. The fourth-order valence-corrected chi connectivity index (χ4v) is 3.30. The van der Waals surface area contributed by atoms with E-state index in [1.54, 1.807) is 41.6 Å². The summed E-state index contributed by atoms with van der Waals surface area (Å²) in [4.78, 5) is 23.4. The Balaban J connectivity index is 1.41. The molecule has 3 aromatic heterocycles. The molecule has 160 valence electrons. The van der Waals surface area contributed by atoms with Crippen molar-refractivity contribution in [2.75, 3.05) is 0 Å². The van der Waals surface area contributed by atoms with Gasteiger partial charge in [-0.2, -0.15) is 0 Å². The Kier molecular flexibility index (Phi) is 5.33. The van der Waals surface area contributed by atoms with Crippen molar-refractivity contribution < 1.29 is 14.3 Å². The summed E-state index contributed by atoms with van der Waals surface area (Å²) in [5.41, 5.74) is 2.38. The molecule has 0 aliphatic carbocycles. The minimum atomic E-state index is -0.396. The highest BCUT2D eigenvalue weighted by molar-refractivity contribution is 5.82. The van der Waals surface area contributed by atoms with Crippen LogP contribution in [0.1, 0.15) is 22.5 Å². The van der Waals surface area contributed by atoms with Crippen LogP contribution in [-0.2, 0) is 19.7 Å². The number of nitrogens with zero attached hydrogens (tertiary/aromatic N) is 4. The quantitative estimate of drug-likeness (QED) is 0.475. The summed E-state index contributed by atoms with van der Waals surface area (Å²) < 4.78 is 14.6. The van der Waals surface area contributed by atoms with Gasteiger partial charge < -0.3 is 18.8 Å². The van der Waals surface area contributed by atoms with E-state index in [1.807, 2.05) is 19.1 Å². The lowest BCUT2D eigenvalue weighted by Crippen LogP contribution is -2.14. The van der Waals surface area contributed by atoms with Gasteiger partial charge in [0, 0.05) is 35.8 Å². The van der Waals surface area contributed by atoms with E-state index >= 15 is 0 Å². The van der Waals surface area contributed by atoms with Crippen LogP contribution in [0.15, 0.2) is 50.7 Å². The fourth-order valence-electron chi connectivity index (χ4n) is 3.30. The lowest BCUT2D eigenvalue weighted by Gasteiger charge is -2.10. The van der Waals surface area contributed by atoms with Crippen molar-refractivity contribution in [3.8, 4) is 11.5 Å². The Bertz CT molecular complexity index is 1380. The zero-order valence-corrected chi connectivity index (χ0v) is 17.5. The number of hydrogen-bond donors (Lipinski definition) is 1. The van der Waals surface area contributed by atoms with Crippen molar-refractivity contribution in [2.45, 2.75) is 40.5 Å². The first kappa shape index (κ1) is 20.4. The molecule has 0 atom stereocenters. The molecule has 4 rings (SSSR count). The van der Waals surface area contributed by atoms with Crippen LogP contribution in [0.5, 0.6) is 11.5 Å². The number of rotatable bonds is 6. The average molecular weight is 422 g/mol. The van der Waals surface area contributed by atoms with E-state index in [1.165, 1.54) is 6.07 Å². The van der Waals surface area contributed by atoms with Gasteiger partial charge in [-0.15, -0.1) is 5.10 Å². The van der Waals surface area contributed by atoms with E-state index in [9.17, 15) is 14.7 Å². The largest absolute Gasteiger partial charge is 0.503 e. The topological polar surface area (TPSA) is 112 Å². The monoisotopic (exact) mass is 422 g/mol. The number of pyridine rings is 1. The van der Waals surface area contributed by atoms with Crippen LogP contribution in [-0.4, -0.2) is 24.7 Å². The molecule has 0 aliphatic rings. The highest BCUT2D eigenvalue weighted by Crippen LogP contribution is 2.24. The molecule has 1 aromatic carbocycles. The molecular weight excluding hydrogens is 400 g/mol. The van der Waals surface area contributed by atoms with Gasteiger partial charge in [0.15, 0.2) is 5.75 Å². The van der Waals surface area contributed by atoms with Gasteiger partial charge in [-0.05, 0) is 38.5 Å². The molecule has 4 aromatic rings. The predicted octanol–water partition coefficient (Wildman–Crippen LogP) is 2.46. The van der Waals surface area contributed by atoms with E-state index in [2.05, 4.69) is 10.3 Å². The van der Waals surface area contributed by atoms with E-state index in [-0.39, 0.29) is 18.0 Å². The molecular formula is C22H22N4O5. The Morgan fingerprint density at radius 2 is 1.90 bits per heavy atom. The molecule has 1 N–H and O–H groups in total. The third kappa shape index (κ3) is 4.07. The SMILES string of the molecule is Cc1c(C)c2ccc(OCc3cn(CCn4ccc(=O)c(O)c4C)nn3)cc2oc1=O. The van der Waals surface area contributed by atoms with E-state index in [4.69, 9.17) is 9.15 Å². The summed E-state index contributed by atoms with van der Waals surface area (Å²) in [7, 11) is 0. The van der Waals surface area contributed by atoms with Crippen LogP contribution < -0.4 is 15.8 Å². The van der Waals surface area contributed by atoms with Crippen LogP contribution in [0.25, 0.3) is 11.0 Å². The number of hydrogen-bond acceptors (Lipinski definition) is 7. The summed E-state index contributed by atoms with van der Waals surface area (Å²) in [5, 5.41) is 18.8. The molecule has 0 bridgehead atoms. The Hall–Kier alpha value is -3.88. The van der Waals surface area contributed by atoms with Crippen molar-refractivity contribution >= 4 is 11.0 Å². The molecule has 0 unspecified atom stereocenters. The molecule has 9 nitrogen and oxygen atoms in total. The van der Waals surface area contributed by atoms with Crippen LogP contribution in [0, 0.1) is 20.8 Å². The van der Waals surface area contributed by atoms with Crippen LogP contribution in [0.3, 0.4) is 0 Å². The average Bonchev–Trinajstić information content (AvgIpc) is 3.22. The zero-order chi connectivity index (χ0) is 22.1. The van der Waals surface area contributed by atoms with Gasteiger partial charge in [-0.25, -0.2) is 4.79 Å². The molecule has 0 spiro atoms. The molecule has 3 heterocycles. The summed E-state index contributed by atoms with van der Waals surface area (Å²) in [6.07, 6.45) is 3.41. The highest BCUT2D eigenvalue weighted by Gasteiger charge is 2.10. The summed E-state index contributed by atoms with van der Waals surface area (Å²) in [6, 6.07) is 6.72. The number of ether oxygens (including phenoxy) is 1. The van der Waals surface area contributed by atoms with Crippen molar-refractivity contribution in [3.63, 3.8) is 0 Å². The van der Waals surface area contributed by atoms with Gasteiger partial charge >= 0.3 is 5.63 Å². The maximum Gasteiger partial charge on any atom is 0.339 e. The predicted molar refractivity (Wildman–Crippen MR) is 113 cm³/mol. The number of aromatic nitrogens is 4. The second-order valence-corrected chi connectivity index (χ2v) is 7.37. The molecule has 0 amide bonds. The van der Waals surface area contributed by atoms with Crippen molar-refractivity contribution in [1.29, 1.82) is 0 Å². The maximum atomic E-state index is 11.9. The van der Waals surface area contributed by atoms with Crippen LogP contribution in [0.2, 0.25) is 0 Å². The standard InChI is InChI=1S/C22H22N4O5/c1-13-14(2)22(29)31-20-10-17(4-5-18(13)20)30-12-16-11-26(24-23-16)9-8-25-7-6-19(27)21(28)15(25)3/h4-7,10-11,28H,8-9,12H2,1-3H3. The van der Waals surface area contributed by atoms with Gasteiger partial charge in [0.05, 0.1) is 18.4 Å². The minimum Gasteiger partial charge on any atom is -0.503 e. The third-order valence-corrected chi connectivity index (χ3v) is 5.38.